The number of halogens is 2. The first kappa shape index (κ1) is 19.9. The van der Waals surface area contributed by atoms with Gasteiger partial charge < -0.3 is 14.6 Å². The Morgan fingerprint density at radius 3 is 2.50 bits per heavy atom. The zero-order chi connectivity index (χ0) is 20.5. The molecular weight excluding hydrogens is 396 g/mol. The van der Waals surface area contributed by atoms with E-state index >= 15 is 0 Å². The molecule has 28 heavy (non-hydrogen) atoms. The van der Waals surface area contributed by atoms with Crippen LogP contribution in [0.25, 0.3) is 0 Å². The summed E-state index contributed by atoms with van der Waals surface area (Å²) in [4.78, 5) is 11.5. The summed E-state index contributed by atoms with van der Waals surface area (Å²) in [5.41, 5.74) is 1.10. The van der Waals surface area contributed by atoms with Crippen molar-refractivity contribution < 1.29 is 36.6 Å². The third-order valence-corrected chi connectivity index (χ3v) is 5.74. The number of hydrogen-bond donors (Lipinski definition) is 2. The first-order valence-corrected chi connectivity index (χ1v) is 9.74. The molecular formula is C18H17F2NO6S. The number of aromatic carboxylic acids is 1. The minimum atomic E-state index is -4.15. The normalized spacial score (nSPS) is 13.3. The zero-order valence-electron chi connectivity index (χ0n) is 14.7. The third-order valence-electron chi connectivity index (χ3n) is 4.37. The highest BCUT2D eigenvalue weighted by Crippen LogP contribution is 2.36. The molecule has 0 unspecified atom stereocenters. The highest BCUT2D eigenvalue weighted by Gasteiger charge is 2.24. The predicted octanol–water partition coefficient (Wildman–Crippen LogP) is 3.28. The number of aryl methyl sites for hydroxylation is 2. The van der Waals surface area contributed by atoms with Crippen molar-refractivity contribution in [1.82, 2.24) is 0 Å². The van der Waals surface area contributed by atoms with Gasteiger partial charge in [0.25, 0.3) is 10.0 Å². The van der Waals surface area contributed by atoms with Crippen LogP contribution in [0.1, 0.15) is 27.9 Å². The molecule has 0 spiro atoms. The predicted molar refractivity (Wildman–Crippen MR) is 95.9 cm³/mol. The Labute approximate surface area is 159 Å². The van der Waals surface area contributed by atoms with Crippen LogP contribution in [0, 0.1) is 0 Å². The number of rotatable bonds is 7. The molecule has 2 aromatic carbocycles. The summed E-state index contributed by atoms with van der Waals surface area (Å²) in [7, 11) is -3.01. The number of hydrogen-bond acceptors (Lipinski definition) is 5. The van der Waals surface area contributed by atoms with Gasteiger partial charge in [0.1, 0.15) is 0 Å². The number of fused-ring (bicyclic) bond motifs is 1. The van der Waals surface area contributed by atoms with Crippen LogP contribution in [0.5, 0.6) is 11.5 Å². The topological polar surface area (TPSA) is 102 Å². The van der Waals surface area contributed by atoms with Crippen molar-refractivity contribution in [2.75, 3.05) is 11.8 Å². The highest BCUT2D eigenvalue weighted by molar-refractivity contribution is 7.92. The van der Waals surface area contributed by atoms with Crippen molar-refractivity contribution in [1.29, 1.82) is 0 Å². The average Bonchev–Trinajstić information content (AvgIpc) is 3.08. The Morgan fingerprint density at radius 2 is 1.86 bits per heavy atom. The van der Waals surface area contributed by atoms with Gasteiger partial charge in [-0.3, -0.25) is 4.72 Å². The number of ether oxygens (including phenoxy) is 2. The number of carbonyl (C=O) groups is 1. The molecule has 2 aromatic rings. The van der Waals surface area contributed by atoms with Crippen LogP contribution in [0.3, 0.4) is 0 Å². The van der Waals surface area contributed by atoms with E-state index in [4.69, 9.17) is 4.74 Å². The Morgan fingerprint density at radius 1 is 1.14 bits per heavy atom. The lowest BCUT2D eigenvalue weighted by molar-refractivity contribution is -0.0511. The largest absolute Gasteiger partial charge is 0.493 e. The third kappa shape index (κ3) is 4.01. The lowest BCUT2D eigenvalue weighted by Crippen LogP contribution is -2.16. The minimum Gasteiger partial charge on any atom is -0.493 e. The van der Waals surface area contributed by atoms with Crippen LogP contribution < -0.4 is 14.2 Å². The van der Waals surface area contributed by atoms with E-state index in [2.05, 4.69) is 9.46 Å². The molecule has 1 aliphatic carbocycles. The van der Waals surface area contributed by atoms with Gasteiger partial charge in [-0.1, -0.05) is 6.07 Å². The van der Waals surface area contributed by atoms with E-state index in [1.807, 2.05) is 0 Å². The van der Waals surface area contributed by atoms with Crippen molar-refractivity contribution in [2.45, 2.75) is 30.8 Å². The Balaban J connectivity index is 2.03. The molecule has 150 valence electrons. The standard InChI is InChI=1S/C18H17F2NO6S/c1-26-15-8-13(17(22)23)14(9-16(15)27-18(19)20)21-28(24,25)12-6-5-10-3-2-4-11(10)7-12/h5-9,18,21H,2-4H2,1H3,(H,22,23). The number of carboxylic acid groups (broad SMARTS) is 1. The van der Waals surface area contributed by atoms with Gasteiger partial charge in [-0.15, -0.1) is 0 Å². The summed E-state index contributed by atoms with van der Waals surface area (Å²) in [6.07, 6.45) is 2.56. The molecule has 7 nitrogen and oxygen atoms in total. The van der Waals surface area contributed by atoms with Gasteiger partial charge in [-0.2, -0.15) is 8.78 Å². The van der Waals surface area contributed by atoms with Crippen molar-refractivity contribution in [3.63, 3.8) is 0 Å². The number of benzene rings is 2. The second-order valence-electron chi connectivity index (χ2n) is 6.12. The minimum absolute atomic E-state index is 0.0448. The number of nitrogens with one attached hydrogen (secondary N) is 1. The molecule has 2 N–H and O–H groups in total. The molecule has 0 bridgehead atoms. The smallest absolute Gasteiger partial charge is 0.387 e. The fourth-order valence-corrected chi connectivity index (χ4v) is 4.21. The first-order valence-electron chi connectivity index (χ1n) is 8.26. The monoisotopic (exact) mass is 413 g/mol. The van der Waals surface area contributed by atoms with Crippen molar-refractivity contribution in [2.24, 2.45) is 0 Å². The quantitative estimate of drug-likeness (QED) is 0.722. The van der Waals surface area contributed by atoms with E-state index in [0.29, 0.717) is 0 Å². The van der Waals surface area contributed by atoms with E-state index in [-0.39, 0.29) is 10.6 Å². The van der Waals surface area contributed by atoms with Crippen molar-refractivity contribution in [3.05, 3.63) is 47.0 Å². The van der Waals surface area contributed by atoms with E-state index < -0.39 is 39.6 Å². The number of methoxy groups -OCH3 is 1. The zero-order valence-corrected chi connectivity index (χ0v) is 15.6. The van der Waals surface area contributed by atoms with E-state index in [1.165, 1.54) is 12.1 Å². The lowest BCUT2D eigenvalue weighted by Gasteiger charge is -2.16. The summed E-state index contributed by atoms with van der Waals surface area (Å²) in [6, 6.07) is 6.45. The van der Waals surface area contributed by atoms with Crippen LogP contribution in [0.2, 0.25) is 0 Å². The first-order chi connectivity index (χ1) is 13.2. The molecule has 0 fully saturated rings. The van der Waals surface area contributed by atoms with Gasteiger partial charge in [0.05, 0.1) is 23.3 Å². The van der Waals surface area contributed by atoms with Crippen molar-refractivity contribution in [3.8, 4) is 11.5 Å². The second kappa shape index (κ2) is 7.63. The molecule has 0 radical (unpaired) electrons. The second-order valence-corrected chi connectivity index (χ2v) is 7.80. The molecule has 10 heteroatoms. The van der Waals surface area contributed by atoms with Crippen LogP contribution in [0.4, 0.5) is 14.5 Å². The van der Waals surface area contributed by atoms with Gasteiger partial charge in [-0.05, 0) is 42.5 Å². The van der Waals surface area contributed by atoms with E-state index in [9.17, 15) is 27.1 Å². The summed E-state index contributed by atoms with van der Waals surface area (Å²) >= 11 is 0. The SMILES string of the molecule is COc1cc(C(=O)O)c(NS(=O)(=O)c2ccc3c(c2)CCC3)cc1OC(F)F. The van der Waals surface area contributed by atoms with Crippen LogP contribution >= 0.6 is 0 Å². The average molecular weight is 413 g/mol. The van der Waals surface area contributed by atoms with Crippen LogP contribution in [-0.2, 0) is 22.9 Å². The molecule has 0 saturated heterocycles. The van der Waals surface area contributed by atoms with E-state index in [1.54, 1.807) is 6.07 Å². The summed E-state index contributed by atoms with van der Waals surface area (Å²) in [6.45, 7) is -3.20. The molecule has 1 aliphatic rings. The molecule has 3 rings (SSSR count). The maximum atomic E-state index is 12.7. The Hall–Kier alpha value is -2.88. The molecule has 0 aliphatic heterocycles. The number of carboxylic acids is 1. The summed E-state index contributed by atoms with van der Waals surface area (Å²) < 4.78 is 62.0. The summed E-state index contributed by atoms with van der Waals surface area (Å²) in [5, 5.41) is 9.37. The Kier molecular flexibility index (Phi) is 5.41. The fourth-order valence-electron chi connectivity index (χ4n) is 3.09. The van der Waals surface area contributed by atoms with Gasteiger partial charge in [0.2, 0.25) is 0 Å². The van der Waals surface area contributed by atoms with Crippen LogP contribution in [0.15, 0.2) is 35.2 Å². The Bertz CT molecular complexity index is 1020. The maximum Gasteiger partial charge on any atom is 0.387 e. The molecule has 0 saturated carbocycles. The fraction of sp³-hybridized carbons (Fsp3) is 0.278. The molecule has 0 aromatic heterocycles. The van der Waals surface area contributed by atoms with Crippen molar-refractivity contribution >= 4 is 21.7 Å². The number of sulfonamides is 1. The molecule has 0 atom stereocenters. The number of anilines is 1. The molecule has 0 amide bonds. The van der Waals surface area contributed by atoms with Gasteiger partial charge in [0, 0.05) is 12.1 Å². The summed E-state index contributed by atoms with van der Waals surface area (Å²) in [5.74, 6) is -2.22. The van der Waals surface area contributed by atoms with Gasteiger partial charge >= 0.3 is 12.6 Å². The van der Waals surface area contributed by atoms with Crippen LogP contribution in [-0.4, -0.2) is 33.2 Å². The van der Waals surface area contributed by atoms with E-state index in [0.717, 1.165) is 49.6 Å². The highest BCUT2D eigenvalue weighted by atomic mass is 32.2. The van der Waals surface area contributed by atoms with Gasteiger partial charge in [-0.25, -0.2) is 13.2 Å². The van der Waals surface area contributed by atoms with Gasteiger partial charge in [0.15, 0.2) is 11.5 Å². The maximum absolute atomic E-state index is 12.7. The lowest BCUT2D eigenvalue weighted by atomic mass is 10.1. The molecule has 0 heterocycles. The number of alkyl halides is 2.